The second-order valence-corrected chi connectivity index (χ2v) is 10.6. The van der Waals surface area contributed by atoms with E-state index in [2.05, 4.69) is 10.6 Å². The second-order valence-electron chi connectivity index (χ2n) is 8.72. The number of hydrogen-bond donors (Lipinski definition) is 2. The van der Waals surface area contributed by atoms with Crippen molar-refractivity contribution in [3.05, 3.63) is 47.2 Å². The predicted molar refractivity (Wildman–Crippen MR) is 131 cm³/mol. The van der Waals surface area contributed by atoms with Crippen molar-refractivity contribution < 1.29 is 32.5 Å². The smallest absolute Gasteiger partial charge is 0.240 e. The Morgan fingerprint density at radius 1 is 1.06 bits per heavy atom. The summed E-state index contributed by atoms with van der Waals surface area (Å²) in [4.78, 5) is 38.8. The highest BCUT2D eigenvalue weighted by Crippen LogP contribution is 2.34. The molecule has 0 saturated heterocycles. The van der Waals surface area contributed by atoms with Gasteiger partial charge in [-0.2, -0.15) is 0 Å². The normalized spacial score (nSPS) is 13.2. The molecule has 2 aromatic carbocycles. The molecule has 3 amide bonds. The molecule has 0 bridgehead atoms. The zero-order chi connectivity index (χ0) is 25.8. The van der Waals surface area contributed by atoms with Crippen molar-refractivity contribution in [3.8, 4) is 11.5 Å². The number of halogens is 2. The van der Waals surface area contributed by atoms with E-state index in [-0.39, 0.29) is 17.5 Å². The Labute approximate surface area is 209 Å². The number of ether oxygens (including phenoxy) is 2. The summed E-state index contributed by atoms with van der Waals surface area (Å²) in [5.41, 5.74) is 0.0262. The maximum absolute atomic E-state index is 13.6. The van der Waals surface area contributed by atoms with Crippen LogP contribution in [-0.2, 0) is 25.2 Å². The van der Waals surface area contributed by atoms with Gasteiger partial charge in [-0.25, -0.2) is 4.39 Å². The van der Waals surface area contributed by atoms with E-state index in [0.717, 1.165) is 11.0 Å². The number of nitrogens with zero attached hydrogens (tertiary/aromatic N) is 1. The molecule has 2 aromatic rings. The van der Waals surface area contributed by atoms with Gasteiger partial charge in [0.2, 0.25) is 24.5 Å². The Balaban J connectivity index is 1.65. The number of nitrogens with one attached hydrogen (secondary N) is 2. The molecule has 1 aliphatic heterocycles. The van der Waals surface area contributed by atoms with Gasteiger partial charge >= 0.3 is 0 Å². The number of rotatable bonds is 8. The van der Waals surface area contributed by atoms with E-state index in [1.54, 1.807) is 39.0 Å². The highest BCUT2D eigenvalue weighted by atomic mass is 35.5. The highest BCUT2D eigenvalue weighted by Gasteiger charge is 2.25. The molecular weight excluding hydrogens is 501 g/mol. The average Bonchev–Trinajstić information content (AvgIpc) is 3.20. The zero-order valence-electron chi connectivity index (χ0n) is 19.4. The zero-order valence-corrected chi connectivity index (χ0v) is 20.9. The van der Waals surface area contributed by atoms with Gasteiger partial charge in [0.05, 0.1) is 5.02 Å². The molecule has 0 aliphatic carbocycles. The fourth-order valence-electron chi connectivity index (χ4n) is 3.16. The standard InChI is InChI=1S/C23H25ClFN3O6S/c1-23(2,3)27-20(29)10-28(15-5-6-17(25)16(24)9-15)22(31)12-35(32)11-21(30)26-14-4-7-18-19(8-14)34-13-33-18/h4-9H,10-13H2,1-3H3,(H,26,30)(H,27,29)/t35-/m0/s1. The number of amides is 3. The molecule has 3 rings (SSSR count). The summed E-state index contributed by atoms with van der Waals surface area (Å²) in [5, 5.41) is 5.09. The van der Waals surface area contributed by atoms with Gasteiger partial charge in [0.25, 0.3) is 0 Å². The van der Waals surface area contributed by atoms with E-state index >= 15 is 0 Å². The lowest BCUT2D eigenvalue weighted by Gasteiger charge is -2.26. The lowest BCUT2D eigenvalue weighted by molar-refractivity contribution is -0.124. The molecule has 0 aromatic heterocycles. The van der Waals surface area contributed by atoms with Crippen LogP contribution in [0.15, 0.2) is 36.4 Å². The van der Waals surface area contributed by atoms with Crippen LogP contribution in [0.2, 0.25) is 5.02 Å². The summed E-state index contributed by atoms with van der Waals surface area (Å²) >= 11 is 5.85. The third-order valence-electron chi connectivity index (χ3n) is 4.56. The molecular formula is C23H25ClFN3O6S. The van der Waals surface area contributed by atoms with Gasteiger partial charge in [-0.05, 0) is 51.1 Å². The summed E-state index contributed by atoms with van der Waals surface area (Å²) in [6.07, 6.45) is 0. The van der Waals surface area contributed by atoms with Crippen LogP contribution < -0.4 is 25.0 Å². The lowest BCUT2D eigenvalue weighted by Crippen LogP contribution is -2.48. The SMILES string of the molecule is CC(C)(C)NC(=O)CN(C(=O)C[S@@](=O)CC(=O)Nc1ccc2c(c1)OCO2)c1ccc(F)c(Cl)c1. The first kappa shape index (κ1) is 26.4. The highest BCUT2D eigenvalue weighted by molar-refractivity contribution is 7.86. The van der Waals surface area contributed by atoms with E-state index < -0.39 is 57.9 Å². The maximum Gasteiger partial charge on any atom is 0.240 e. The number of hydrogen-bond acceptors (Lipinski definition) is 6. The number of carbonyl (C=O) groups is 3. The van der Waals surface area contributed by atoms with Gasteiger partial charge in [0.15, 0.2) is 11.5 Å². The topological polar surface area (TPSA) is 114 Å². The molecule has 0 unspecified atom stereocenters. The van der Waals surface area contributed by atoms with E-state index in [4.69, 9.17) is 21.1 Å². The lowest BCUT2D eigenvalue weighted by atomic mass is 10.1. The Morgan fingerprint density at radius 2 is 1.77 bits per heavy atom. The van der Waals surface area contributed by atoms with E-state index in [1.165, 1.54) is 12.1 Å². The Hall–Kier alpha value is -3.18. The predicted octanol–water partition coefficient (Wildman–Crippen LogP) is 2.84. The van der Waals surface area contributed by atoms with Crippen molar-refractivity contribution in [1.82, 2.24) is 5.32 Å². The molecule has 0 saturated carbocycles. The summed E-state index contributed by atoms with van der Waals surface area (Å²) in [7, 11) is -1.89. The van der Waals surface area contributed by atoms with Crippen LogP contribution in [0.1, 0.15) is 20.8 Å². The van der Waals surface area contributed by atoms with Gasteiger partial charge < -0.3 is 25.0 Å². The van der Waals surface area contributed by atoms with E-state index in [0.29, 0.717) is 17.2 Å². The van der Waals surface area contributed by atoms with Crippen LogP contribution in [-0.4, -0.2) is 52.3 Å². The monoisotopic (exact) mass is 525 g/mol. The first-order valence-electron chi connectivity index (χ1n) is 10.5. The van der Waals surface area contributed by atoms with Gasteiger partial charge in [-0.15, -0.1) is 0 Å². The van der Waals surface area contributed by atoms with Gasteiger partial charge in [0.1, 0.15) is 23.9 Å². The molecule has 0 radical (unpaired) electrons. The van der Waals surface area contributed by atoms with Gasteiger partial charge in [0, 0.05) is 33.8 Å². The van der Waals surface area contributed by atoms with Crippen molar-refractivity contribution in [2.75, 3.05) is 35.1 Å². The third-order valence-corrected chi connectivity index (χ3v) is 6.01. The van der Waals surface area contributed by atoms with Crippen LogP contribution in [0.3, 0.4) is 0 Å². The third kappa shape index (κ3) is 7.66. The van der Waals surface area contributed by atoms with Crippen molar-refractivity contribution in [2.24, 2.45) is 0 Å². The van der Waals surface area contributed by atoms with Crippen molar-refractivity contribution in [1.29, 1.82) is 0 Å². The summed E-state index contributed by atoms with van der Waals surface area (Å²) in [6.45, 7) is 5.01. The molecule has 0 fully saturated rings. The molecule has 12 heteroatoms. The van der Waals surface area contributed by atoms with Crippen LogP contribution in [0.25, 0.3) is 0 Å². The van der Waals surface area contributed by atoms with Gasteiger partial charge in [-0.1, -0.05) is 11.6 Å². The number of anilines is 2. The minimum atomic E-state index is -1.89. The largest absolute Gasteiger partial charge is 0.454 e. The first-order chi connectivity index (χ1) is 16.4. The average molecular weight is 526 g/mol. The summed E-state index contributed by atoms with van der Waals surface area (Å²) in [5.74, 6) is -2.39. The maximum atomic E-state index is 13.6. The van der Waals surface area contributed by atoms with Gasteiger partial charge in [-0.3, -0.25) is 18.6 Å². The Bertz CT molecular complexity index is 1170. The molecule has 35 heavy (non-hydrogen) atoms. The molecule has 1 aliphatic rings. The summed E-state index contributed by atoms with van der Waals surface area (Å²) < 4.78 is 36.7. The van der Waals surface area contributed by atoms with Crippen LogP contribution in [0, 0.1) is 5.82 Å². The fraction of sp³-hybridized carbons (Fsp3) is 0.348. The van der Waals surface area contributed by atoms with E-state index in [9.17, 15) is 23.0 Å². The van der Waals surface area contributed by atoms with Crippen LogP contribution in [0.5, 0.6) is 11.5 Å². The minimum absolute atomic E-state index is 0.0857. The second kappa shape index (κ2) is 11.0. The molecule has 9 nitrogen and oxygen atoms in total. The molecule has 188 valence electrons. The minimum Gasteiger partial charge on any atom is -0.454 e. The fourth-order valence-corrected chi connectivity index (χ4v) is 4.23. The number of fused-ring (bicyclic) bond motifs is 1. The molecule has 1 heterocycles. The number of carbonyl (C=O) groups excluding carboxylic acids is 3. The Kier molecular flexibility index (Phi) is 8.34. The molecule has 1 atom stereocenters. The Morgan fingerprint density at radius 3 is 2.46 bits per heavy atom. The number of benzene rings is 2. The quantitative estimate of drug-likeness (QED) is 0.548. The summed E-state index contributed by atoms with van der Waals surface area (Å²) in [6, 6.07) is 8.37. The van der Waals surface area contributed by atoms with Crippen molar-refractivity contribution >= 4 is 51.5 Å². The molecule has 0 spiro atoms. The van der Waals surface area contributed by atoms with Crippen molar-refractivity contribution in [2.45, 2.75) is 26.3 Å². The van der Waals surface area contributed by atoms with E-state index in [1.807, 2.05) is 0 Å². The van der Waals surface area contributed by atoms with Crippen LogP contribution >= 0.6 is 11.6 Å². The van der Waals surface area contributed by atoms with Crippen LogP contribution in [0.4, 0.5) is 15.8 Å². The first-order valence-corrected chi connectivity index (χ1v) is 12.4. The molecule has 2 N–H and O–H groups in total. The van der Waals surface area contributed by atoms with Crippen molar-refractivity contribution in [3.63, 3.8) is 0 Å².